The first-order valence-electron chi connectivity index (χ1n) is 8.93. The number of rotatable bonds is 4. The zero-order valence-electron chi connectivity index (χ0n) is 15.4. The lowest BCUT2D eigenvalue weighted by molar-refractivity contribution is -0.140. The maximum absolute atomic E-state index is 13.0. The molecule has 1 fully saturated rings. The van der Waals surface area contributed by atoms with E-state index in [1.165, 1.54) is 55.6 Å². The predicted molar refractivity (Wildman–Crippen MR) is 98.4 cm³/mol. The fourth-order valence-electron chi connectivity index (χ4n) is 3.07. The van der Waals surface area contributed by atoms with Crippen LogP contribution in [0.2, 0.25) is 0 Å². The van der Waals surface area contributed by atoms with Crippen molar-refractivity contribution in [1.29, 1.82) is 0 Å². The van der Waals surface area contributed by atoms with E-state index in [9.17, 15) is 18.8 Å². The standard InChI is InChI=1S/C21H20FNO5/c1-27-20(25)15-4-8-18(9-5-15)28-21(26)16-10-12-23(13-11-16)19(24)14-2-6-17(22)7-3-14/h2-9,16H,10-13H2,1H3. The summed E-state index contributed by atoms with van der Waals surface area (Å²) >= 11 is 0. The minimum atomic E-state index is -0.462. The molecular weight excluding hydrogens is 365 g/mol. The number of carbonyl (C=O) groups excluding carboxylic acids is 3. The smallest absolute Gasteiger partial charge is 0.337 e. The first-order chi connectivity index (χ1) is 13.5. The Kier molecular flexibility index (Phi) is 6.03. The molecule has 0 N–H and O–H groups in total. The van der Waals surface area contributed by atoms with Gasteiger partial charge in [0.25, 0.3) is 5.91 Å². The minimum Gasteiger partial charge on any atom is -0.465 e. The van der Waals surface area contributed by atoms with Crippen LogP contribution in [0.4, 0.5) is 4.39 Å². The predicted octanol–water partition coefficient (Wildman–Crippen LogP) is 3.07. The van der Waals surface area contributed by atoms with E-state index < -0.39 is 11.8 Å². The average Bonchev–Trinajstić information content (AvgIpc) is 2.74. The van der Waals surface area contributed by atoms with Crippen LogP contribution in [0, 0.1) is 11.7 Å². The number of methoxy groups -OCH3 is 1. The van der Waals surface area contributed by atoms with Crippen LogP contribution in [0.1, 0.15) is 33.6 Å². The van der Waals surface area contributed by atoms with Gasteiger partial charge in [-0.15, -0.1) is 0 Å². The van der Waals surface area contributed by atoms with Gasteiger partial charge in [-0.05, 0) is 61.4 Å². The molecule has 0 aliphatic carbocycles. The molecule has 0 radical (unpaired) electrons. The highest BCUT2D eigenvalue weighted by Gasteiger charge is 2.29. The van der Waals surface area contributed by atoms with Gasteiger partial charge in [-0.1, -0.05) is 0 Å². The van der Waals surface area contributed by atoms with Crippen molar-refractivity contribution < 1.29 is 28.2 Å². The lowest BCUT2D eigenvalue weighted by atomic mass is 9.96. The highest BCUT2D eigenvalue weighted by atomic mass is 19.1. The van der Waals surface area contributed by atoms with Crippen LogP contribution in [-0.2, 0) is 9.53 Å². The molecule has 1 amide bonds. The van der Waals surface area contributed by atoms with Crippen molar-refractivity contribution in [3.8, 4) is 5.75 Å². The Hall–Kier alpha value is -3.22. The number of likely N-dealkylation sites (tertiary alicyclic amines) is 1. The number of carbonyl (C=O) groups is 3. The van der Waals surface area contributed by atoms with Gasteiger partial charge in [0, 0.05) is 18.7 Å². The summed E-state index contributed by atoms with van der Waals surface area (Å²) < 4.78 is 23.0. The van der Waals surface area contributed by atoms with E-state index in [1.807, 2.05) is 0 Å². The zero-order valence-corrected chi connectivity index (χ0v) is 15.4. The van der Waals surface area contributed by atoms with Gasteiger partial charge in [-0.25, -0.2) is 9.18 Å². The second-order valence-corrected chi connectivity index (χ2v) is 6.51. The van der Waals surface area contributed by atoms with E-state index >= 15 is 0 Å². The quantitative estimate of drug-likeness (QED) is 0.597. The van der Waals surface area contributed by atoms with Crippen LogP contribution in [0.5, 0.6) is 5.75 Å². The second kappa shape index (κ2) is 8.65. The largest absolute Gasteiger partial charge is 0.465 e. The summed E-state index contributed by atoms with van der Waals surface area (Å²) in [5, 5.41) is 0. The summed E-state index contributed by atoms with van der Waals surface area (Å²) in [7, 11) is 1.30. The molecule has 3 rings (SSSR count). The number of esters is 2. The van der Waals surface area contributed by atoms with Gasteiger partial charge in [0.05, 0.1) is 18.6 Å². The summed E-state index contributed by atoms with van der Waals surface area (Å²) in [5.41, 5.74) is 0.794. The molecule has 6 nitrogen and oxygen atoms in total. The van der Waals surface area contributed by atoms with Crippen molar-refractivity contribution in [3.05, 3.63) is 65.5 Å². The number of nitrogens with zero attached hydrogens (tertiary/aromatic N) is 1. The Morgan fingerprint density at radius 1 is 0.929 bits per heavy atom. The molecule has 1 aliphatic rings. The van der Waals surface area contributed by atoms with Crippen molar-refractivity contribution in [3.63, 3.8) is 0 Å². The van der Waals surface area contributed by atoms with Crippen LogP contribution in [0.25, 0.3) is 0 Å². The van der Waals surface area contributed by atoms with E-state index in [0.29, 0.717) is 42.8 Å². The Balaban J connectivity index is 1.53. The minimum absolute atomic E-state index is 0.176. The Labute approximate surface area is 161 Å². The molecule has 1 heterocycles. The SMILES string of the molecule is COC(=O)c1ccc(OC(=O)C2CCN(C(=O)c3ccc(F)cc3)CC2)cc1. The number of hydrogen-bond acceptors (Lipinski definition) is 5. The van der Waals surface area contributed by atoms with Crippen LogP contribution < -0.4 is 4.74 Å². The Bertz CT molecular complexity index is 855. The Morgan fingerprint density at radius 3 is 2.07 bits per heavy atom. The third-order valence-electron chi connectivity index (χ3n) is 4.70. The summed E-state index contributed by atoms with van der Waals surface area (Å²) in [5.74, 6) is -1.35. The lowest BCUT2D eigenvalue weighted by Gasteiger charge is -2.31. The number of hydrogen-bond donors (Lipinski definition) is 0. The van der Waals surface area contributed by atoms with Crippen molar-refractivity contribution >= 4 is 17.8 Å². The third-order valence-corrected chi connectivity index (χ3v) is 4.70. The molecule has 0 aromatic heterocycles. The van der Waals surface area contributed by atoms with Gasteiger partial charge in [0.1, 0.15) is 11.6 Å². The average molecular weight is 385 g/mol. The molecule has 2 aromatic carbocycles. The van der Waals surface area contributed by atoms with Crippen LogP contribution in [0.3, 0.4) is 0 Å². The van der Waals surface area contributed by atoms with Crippen molar-refractivity contribution in [2.24, 2.45) is 5.92 Å². The molecule has 0 unspecified atom stereocenters. The van der Waals surface area contributed by atoms with Gasteiger partial charge >= 0.3 is 11.9 Å². The van der Waals surface area contributed by atoms with Crippen LogP contribution >= 0.6 is 0 Å². The molecule has 28 heavy (non-hydrogen) atoms. The summed E-state index contributed by atoms with van der Waals surface area (Å²) in [4.78, 5) is 37.9. The van der Waals surface area contributed by atoms with E-state index in [1.54, 1.807) is 4.90 Å². The van der Waals surface area contributed by atoms with E-state index in [0.717, 1.165) is 0 Å². The first kappa shape index (κ1) is 19.5. The van der Waals surface area contributed by atoms with Crippen LogP contribution in [-0.4, -0.2) is 42.9 Å². The Morgan fingerprint density at radius 2 is 1.50 bits per heavy atom. The van der Waals surface area contributed by atoms with Gasteiger partial charge in [-0.2, -0.15) is 0 Å². The van der Waals surface area contributed by atoms with Gasteiger partial charge in [-0.3, -0.25) is 9.59 Å². The highest BCUT2D eigenvalue weighted by molar-refractivity contribution is 5.94. The van der Waals surface area contributed by atoms with Gasteiger partial charge in [0.15, 0.2) is 0 Å². The fourth-order valence-corrected chi connectivity index (χ4v) is 3.07. The molecule has 0 atom stereocenters. The molecule has 0 bridgehead atoms. The molecular formula is C21H20FNO5. The van der Waals surface area contributed by atoms with Gasteiger partial charge in [0.2, 0.25) is 0 Å². The highest BCUT2D eigenvalue weighted by Crippen LogP contribution is 2.22. The summed E-state index contributed by atoms with van der Waals surface area (Å²) in [6.45, 7) is 0.856. The number of ether oxygens (including phenoxy) is 2. The molecule has 2 aromatic rings. The first-order valence-corrected chi connectivity index (χ1v) is 8.93. The third kappa shape index (κ3) is 4.54. The van der Waals surface area contributed by atoms with E-state index in [4.69, 9.17) is 4.74 Å². The number of amides is 1. The van der Waals surface area contributed by atoms with Crippen molar-refractivity contribution in [2.75, 3.05) is 20.2 Å². The fraction of sp³-hybridized carbons (Fsp3) is 0.286. The maximum atomic E-state index is 13.0. The molecule has 146 valence electrons. The lowest BCUT2D eigenvalue weighted by Crippen LogP contribution is -2.41. The van der Waals surface area contributed by atoms with Crippen molar-refractivity contribution in [1.82, 2.24) is 4.90 Å². The summed E-state index contributed by atoms with van der Waals surface area (Å²) in [6, 6.07) is 11.5. The molecule has 1 saturated heterocycles. The summed E-state index contributed by atoms with van der Waals surface area (Å²) in [6.07, 6.45) is 0.984. The van der Waals surface area contributed by atoms with Crippen LogP contribution in [0.15, 0.2) is 48.5 Å². The topological polar surface area (TPSA) is 72.9 Å². The van der Waals surface area contributed by atoms with E-state index in [2.05, 4.69) is 4.74 Å². The van der Waals surface area contributed by atoms with E-state index in [-0.39, 0.29) is 17.8 Å². The monoisotopic (exact) mass is 385 g/mol. The molecule has 0 saturated carbocycles. The molecule has 0 spiro atoms. The normalized spacial score (nSPS) is 14.4. The van der Waals surface area contributed by atoms with Crippen molar-refractivity contribution in [2.45, 2.75) is 12.8 Å². The number of halogens is 1. The maximum Gasteiger partial charge on any atom is 0.337 e. The number of piperidine rings is 1. The zero-order chi connectivity index (χ0) is 20.1. The molecule has 1 aliphatic heterocycles. The number of benzene rings is 2. The molecule has 7 heteroatoms. The van der Waals surface area contributed by atoms with Gasteiger partial charge < -0.3 is 14.4 Å². The second-order valence-electron chi connectivity index (χ2n) is 6.51.